The standard InChI is InChI=1S/C20H17F6N3O5S/c21-19(22,23)13-1-3-16(12(5-13)6-27)35(32,33)29-8-14(18(31,10-29)11-30)9-34-15-2-4-17(28-7-15)20(24,25)26/h1-5,7,14,30-31H,8-11H2/t14-,18-/m1/s1. The van der Waals surface area contributed by atoms with E-state index in [4.69, 9.17) is 4.74 Å². The highest BCUT2D eigenvalue weighted by Gasteiger charge is 2.50. The lowest BCUT2D eigenvalue weighted by atomic mass is 9.92. The summed E-state index contributed by atoms with van der Waals surface area (Å²) in [7, 11) is -4.58. The number of rotatable bonds is 6. The molecule has 1 aromatic heterocycles. The van der Waals surface area contributed by atoms with E-state index < -0.39 is 81.9 Å². The Morgan fingerprint density at radius 3 is 2.37 bits per heavy atom. The summed E-state index contributed by atoms with van der Waals surface area (Å²) in [5.41, 5.74) is -5.19. The van der Waals surface area contributed by atoms with E-state index in [-0.39, 0.29) is 5.75 Å². The number of β-amino-alcohol motifs (C(OH)–C–C–N with tert-alkyl or cyclic N) is 1. The molecule has 0 aliphatic carbocycles. The molecule has 2 heterocycles. The van der Waals surface area contributed by atoms with Crippen molar-refractivity contribution in [2.24, 2.45) is 5.92 Å². The second kappa shape index (κ2) is 9.26. The van der Waals surface area contributed by atoms with Gasteiger partial charge in [0, 0.05) is 19.0 Å². The predicted molar refractivity (Wildman–Crippen MR) is 105 cm³/mol. The topological polar surface area (TPSA) is 124 Å². The number of ether oxygens (including phenoxy) is 1. The summed E-state index contributed by atoms with van der Waals surface area (Å²) in [5.74, 6) is -1.20. The van der Waals surface area contributed by atoms with Crippen LogP contribution in [-0.2, 0) is 22.4 Å². The summed E-state index contributed by atoms with van der Waals surface area (Å²) in [5, 5.41) is 29.6. The third-order valence-electron chi connectivity index (χ3n) is 5.43. The second-order valence-electron chi connectivity index (χ2n) is 7.76. The molecule has 2 N–H and O–H groups in total. The Kier molecular flexibility index (Phi) is 7.06. The fourth-order valence-electron chi connectivity index (χ4n) is 3.47. The molecule has 1 saturated heterocycles. The van der Waals surface area contributed by atoms with Gasteiger partial charge in [0.1, 0.15) is 23.1 Å². The minimum atomic E-state index is -4.81. The Bertz CT molecular complexity index is 1230. The van der Waals surface area contributed by atoms with Gasteiger partial charge in [-0.15, -0.1) is 0 Å². The zero-order chi connectivity index (χ0) is 26.2. The predicted octanol–water partition coefficient (Wildman–Crippen LogP) is 2.41. The average Bonchev–Trinajstić information content (AvgIpc) is 3.14. The lowest BCUT2D eigenvalue weighted by Crippen LogP contribution is -2.44. The van der Waals surface area contributed by atoms with Crippen LogP contribution in [0.3, 0.4) is 0 Å². The van der Waals surface area contributed by atoms with Gasteiger partial charge < -0.3 is 14.9 Å². The molecule has 35 heavy (non-hydrogen) atoms. The molecular weight excluding hydrogens is 508 g/mol. The largest absolute Gasteiger partial charge is 0.492 e. The SMILES string of the molecule is N#Cc1cc(C(F)(F)F)ccc1S(=O)(=O)N1C[C@H](COc2ccc(C(F)(F)F)nc2)[C@](O)(CO)C1. The summed E-state index contributed by atoms with van der Waals surface area (Å²) in [6.07, 6.45) is -8.70. The van der Waals surface area contributed by atoms with Gasteiger partial charge in [-0.25, -0.2) is 13.4 Å². The highest BCUT2D eigenvalue weighted by molar-refractivity contribution is 7.89. The summed E-state index contributed by atoms with van der Waals surface area (Å²) >= 11 is 0. The lowest BCUT2D eigenvalue weighted by molar-refractivity contribution is -0.141. The molecule has 8 nitrogen and oxygen atoms in total. The summed E-state index contributed by atoms with van der Waals surface area (Å²) < 4.78 is 109. The molecule has 1 aliphatic heterocycles. The zero-order valence-electron chi connectivity index (χ0n) is 17.5. The highest BCUT2D eigenvalue weighted by atomic mass is 32.2. The maximum Gasteiger partial charge on any atom is 0.433 e. The third-order valence-corrected chi connectivity index (χ3v) is 7.30. The lowest BCUT2D eigenvalue weighted by Gasteiger charge is -2.26. The van der Waals surface area contributed by atoms with Crippen molar-refractivity contribution in [1.82, 2.24) is 9.29 Å². The molecule has 0 radical (unpaired) electrons. The number of alkyl halides is 6. The van der Waals surface area contributed by atoms with E-state index in [9.17, 15) is 50.2 Å². The van der Waals surface area contributed by atoms with Crippen LogP contribution in [0.1, 0.15) is 16.8 Å². The van der Waals surface area contributed by atoms with Crippen molar-refractivity contribution in [2.45, 2.75) is 22.8 Å². The first-order valence-corrected chi connectivity index (χ1v) is 11.2. The highest BCUT2D eigenvalue weighted by Crippen LogP contribution is 2.36. The van der Waals surface area contributed by atoms with Crippen molar-refractivity contribution < 1.29 is 49.7 Å². The molecule has 1 aliphatic rings. The Balaban J connectivity index is 1.82. The Morgan fingerprint density at radius 2 is 1.86 bits per heavy atom. The monoisotopic (exact) mass is 525 g/mol. The molecule has 15 heteroatoms. The number of pyridine rings is 1. The molecule has 2 aromatic rings. The molecule has 3 rings (SSSR count). The first-order valence-electron chi connectivity index (χ1n) is 9.72. The fraction of sp³-hybridized carbons (Fsp3) is 0.400. The van der Waals surface area contributed by atoms with Crippen molar-refractivity contribution in [2.75, 3.05) is 26.3 Å². The second-order valence-corrected chi connectivity index (χ2v) is 9.67. The first-order chi connectivity index (χ1) is 16.1. The molecular formula is C20H17F6N3O5S. The fourth-order valence-corrected chi connectivity index (χ4v) is 5.14. The number of benzene rings is 1. The van der Waals surface area contributed by atoms with E-state index in [0.717, 1.165) is 12.3 Å². The maximum atomic E-state index is 13.1. The molecule has 0 saturated carbocycles. The number of nitrogens with zero attached hydrogens (tertiary/aromatic N) is 3. The van der Waals surface area contributed by atoms with Crippen molar-refractivity contribution in [3.05, 3.63) is 53.3 Å². The Hall–Kier alpha value is -2.93. The van der Waals surface area contributed by atoms with Crippen molar-refractivity contribution in [1.29, 1.82) is 5.26 Å². The van der Waals surface area contributed by atoms with E-state index in [2.05, 4.69) is 4.98 Å². The normalized spacial score (nSPS) is 21.6. The van der Waals surface area contributed by atoms with Gasteiger partial charge in [0.25, 0.3) is 0 Å². The summed E-state index contributed by atoms with van der Waals surface area (Å²) in [4.78, 5) is 2.49. The van der Waals surface area contributed by atoms with Crippen molar-refractivity contribution in [3.8, 4) is 11.8 Å². The van der Waals surface area contributed by atoms with Crippen LogP contribution in [-0.4, -0.2) is 59.8 Å². The zero-order valence-corrected chi connectivity index (χ0v) is 18.3. The van der Waals surface area contributed by atoms with Gasteiger partial charge in [-0.1, -0.05) is 0 Å². The molecule has 1 aromatic carbocycles. The van der Waals surface area contributed by atoms with Crippen LogP contribution in [0.5, 0.6) is 5.75 Å². The van der Waals surface area contributed by atoms with Crippen LogP contribution < -0.4 is 4.74 Å². The minimum absolute atomic E-state index is 0.117. The maximum absolute atomic E-state index is 13.1. The van der Waals surface area contributed by atoms with E-state index >= 15 is 0 Å². The summed E-state index contributed by atoms with van der Waals surface area (Å²) in [6, 6.07) is 4.57. The minimum Gasteiger partial charge on any atom is -0.492 e. The Morgan fingerprint density at radius 1 is 1.17 bits per heavy atom. The van der Waals surface area contributed by atoms with Crippen LogP contribution in [0.2, 0.25) is 0 Å². The van der Waals surface area contributed by atoms with Crippen LogP contribution >= 0.6 is 0 Å². The van der Waals surface area contributed by atoms with Crippen LogP contribution in [0.25, 0.3) is 0 Å². The van der Waals surface area contributed by atoms with Crippen LogP contribution in [0, 0.1) is 17.2 Å². The molecule has 2 atom stereocenters. The molecule has 0 spiro atoms. The smallest absolute Gasteiger partial charge is 0.433 e. The van der Waals surface area contributed by atoms with E-state index in [1.54, 1.807) is 0 Å². The average molecular weight is 525 g/mol. The number of aromatic nitrogens is 1. The van der Waals surface area contributed by atoms with Gasteiger partial charge >= 0.3 is 12.4 Å². The number of aliphatic hydroxyl groups excluding tert-OH is 1. The van der Waals surface area contributed by atoms with E-state index in [0.29, 0.717) is 28.6 Å². The number of hydrogen-bond acceptors (Lipinski definition) is 7. The van der Waals surface area contributed by atoms with Crippen LogP contribution in [0.15, 0.2) is 41.4 Å². The van der Waals surface area contributed by atoms with Gasteiger partial charge in [0.2, 0.25) is 10.0 Å². The number of nitriles is 1. The summed E-state index contributed by atoms with van der Waals surface area (Å²) in [6.45, 7) is -2.49. The van der Waals surface area contributed by atoms with E-state index in [1.165, 1.54) is 6.07 Å². The number of sulfonamides is 1. The quantitative estimate of drug-likeness (QED) is 0.556. The van der Waals surface area contributed by atoms with Gasteiger partial charge in [-0.2, -0.15) is 35.9 Å². The molecule has 0 unspecified atom stereocenters. The molecule has 1 fully saturated rings. The van der Waals surface area contributed by atoms with Gasteiger partial charge in [-0.05, 0) is 30.3 Å². The number of aliphatic hydroxyl groups is 2. The molecule has 190 valence electrons. The van der Waals surface area contributed by atoms with E-state index in [1.807, 2.05) is 0 Å². The van der Waals surface area contributed by atoms with Gasteiger partial charge in [0.05, 0.1) is 35.4 Å². The number of hydrogen-bond donors (Lipinski definition) is 2. The van der Waals surface area contributed by atoms with Crippen molar-refractivity contribution in [3.63, 3.8) is 0 Å². The van der Waals surface area contributed by atoms with Gasteiger partial charge in [-0.3, -0.25) is 0 Å². The third kappa shape index (κ3) is 5.50. The Labute approximate surface area is 195 Å². The molecule has 0 bridgehead atoms. The van der Waals surface area contributed by atoms with Crippen molar-refractivity contribution >= 4 is 10.0 Å². The van der Waals surface area contributed by atoms with Gasteiger partial charge in [0.15, 0.2) is 0 Å². The number of halogens is 6. The molecule has 0 amide bonds. The first kappa shape index (κ1) is 26.7. The van der Waals surface area contributed by atoms with Crippen LogP contribution in [0.4, 0.5) is 26.3 Å².